The van der Waals surface area contributed by atoms with Crippen LogP contribution in [0.15, 0.2) is 0 Å². The molecule has 1 saturated carbocycles. The van der Waals surface area contributed by atoms with E-state index in [0.717, 1.165) is 12.8 Å². The van der Waals surface area contributed by atoms with Gasteiger partial charge in [-0.2, -0.15) is 0 Å². The Bertz CT molecular complexity index is 304. The zero-order chi connectivity index (χ0) is 14.8. The van der Waals surface area contributed by atoms with Crippen molar-refractivity contribution in [2.45, 2.75) is 64.0 Å². The molecule has 1 rings (SSSR count). The first-order valence-corrected chi connectivity index (χ1v) is 7.49. The number of rotatable bonds is 8. The minimum absolute atomic E-state index is 0.0531. The molecule has 0 saturated heterocycles. The molecule has 1 aliphatic rings. The molecule has 1 atom stereocenters. The molecule has 1 aliphatic carbocycles. The van der Waals surface area contributed by atoms with Crippen molar-refractivity contribution >= 4 is 12.0 Å². The average molecular weight is 286 g/mol. The minimum atomic E-state index is -0.905. The van der Waals surface area contributed by atoms with Crippen LogP contribution in [0.25, 0.3) is 0 Å². The molecule has 1 unspecified atom stereocenters. The Labute approximate surface area is 120 Å². The van der Waals surface area contributed by atoms with Crippen LogP contribution in [0.2, 0.25) is 0 Å². The number of carboxylic acid groups (broad SMARTS) is 1. The predicted octanol–water partition coefficient (Wildman–Crippen LogP) is 1.89. The van der Waals surface area contributed by atoms with Crippen LogP contribution >= 0.6 is 0 Å². The highest BCUT2D eigenvalue weighted by Crippen LogP contribution is 2.19. The van der Waals surface area contributed by atoms with Crippen LogP contribution in [0.1, 0.15) is 51.9 Å². The van der Waals surface area contributed by atoms with Crippen LogP contribution in [0.3, 0.4) is 0 Å². The van der Waals surface area contributed by atoms with Gasteiger partial charge in [-0.1, -0.05) is 26.2 Å². The lowest BCUT2D eigenvalue weighted by molar-refractivity contribution is -0.137. The average Bonchev–Trinajstić information content (AvgIpc) is 2.43. The van der Waals surface area contributed by atoms with Crippen LogP contribution in [-0.2, 0) is 9.53 Å². The van der Waals surface area contributed by atoms with E-state index in [9.17, 15) is 9.59 Å². The number of hydrogen-bond donors (Lipinski definition) is 3. The fraction of sp³-hybridized carbons (Fsp3) is 0.857. The maximum Gasteiger partial charge on any atom is 0.315 e. The van der Waals surface area contributed by atoms with Crippen LogP contribution in [0.4, 0.5) is 4.79 Å². The smallest absolute Gasteiger partial charge is 0.315 e. The van der Waals surface area contributed by atoms with Crippen LogP contribution in [-0.4, -0.2) is 42.4 Å². The van der Waals surface area contributed by atoms with Gasteiger partial charge in [-0.05, 0) is 19.3 Å². The van der Waals surface area contributed by atoms with Gasteiger partial charge in [0, 0.05) is 12.6 Å². The van der Waals surface area contributed by atoms with E-state index >= 15 is 0 Å². The van der Waals surface area contributed by atoms with E-state index in [1.807, 2.05) is 6.92 Å². The lowest BCUT2D eigenvalue weighted by Crippen LogP contribution is -2.43. The van der Waals surface area contributed by atoms with E-state index in [0.29, 0.717) is 25.7 Å². The number of amides is 2. The zero-order valence-electron chi connectivity index (χ0n) is 12.2. The third kappa shape index (κ3) is 7.33. The standard InChI is InChI=1S/C14H26N2O4/c1-2-11(10-13(17)18)16-14(19)15-8-9-20-12-6-4-3-5-7-12/h11-12H,2-10H2,1H3,(H,17,18)(H2,15,16,19). The van der Waals surface area contributed by atoms with Gasteiger partial charge in [0.1, 0.15) is 0 Å². The molecule has 116 valence electrons. The maximum atomic E-state index is 11.6. The van der Waals surface area contributed by atoms with Crippen molar-refractivity contribution in [3.63, 3.8) is 0 Å². The molecule has 2 amide bonds. The van der Waals surface area contributed by atoms with Gasteiger partial charge in [-0.15, -0.1) is 0 Å². The summed E-state index contributed by atoms with van der Waals surface area (Å²) < 4.78 is 5.69. The summed E-state index contributed by atoms with van der Waals surface area (Å²) in [6, 6.07) is -0.655. The van der Waals surface area contributed by atoms with Gasteiger partial charge in [0.25, 0.3) is 0 Å². The van der Waals surface area contributed by atoms with Crippen molar-refractivity contribution in [3.8, 4) is 0 Å². The molecule has 6 nitrogen and oxygen atoms in total. The molecular formula is C14H26N2O4. The van der Waals surface area contributed by atoms with E-state index in [1.54, 1.807) is 0 Å². The number of carboxylic acids is 1. The molecule has 0 bridgehead atoms. The highest BCUT2D eigenvalue weighted by Gasteiger charge is 2.15. The second-order valence-corrected chi connectivity index (χ2v) is 5.23. The SMILES string of the molecule is CCC(CC(=O)O)NC(=O)NCCOC1CCCCC1. The summed E-state index contributed by atoms with van der Waals surface area (Å²) in [6.45, 7) is 2.81. The van der Waals surface area contributed by atoms with E-state index in [2.05, 4.69) is 10.6 Å². The Morgan fingerprint density at radius 1 is 1.30 bits per heavy atom. The third-order valence-electron chi connectivity index (χ3n) is 3.54. The fourth-order valence-electron chi connectivity index (χ4n) is 2.37. The second-order valence-electron chi connectivity index (χ2n) is 5.23. The molecule has 0 radical (unpaired) electrons. The van der Waals surface area contributed by atoms with Gasteiger partial charge < -0.3 is 20.5 Å². The van der Waals surface area contributed by atoms with Crippen molar-refractivity contribution in [2.75, 3.05) is 13.2 Å². The fourth-order valence-corrected chi connectivity index (χ4v) is 2.37. The van der Waals surface area contributed by atoms with E-state index in [1.165, 1.54) is 19.3 Å². The number of ether oxygens (including phenoxy) is 1. The van der Waals surface area contributed by atoms with Crippen LogP contribution in [0, 0.1) is 0 Å². The lowest BCUT2D eigenvalue weighted by atomic mass is 9.98. The van der Waals surface area contributed by atoms with Gasteiger partial charge in [0.15, 0.2) is 0 Å². The number of hydrogen-bond acceptors (Lipinski definition) is 3. The third-order valence-corrected chi connectivity index (χ3v) is 3.54. The molecule has 6 heteroatoms. The molecular weight excluding hydrogens is 260 g/mol. The highest BCUT2D eigenvalue weighted by atomic mass is 16.5. The second kappa shape index (κ2) is 9.58. The van der Waals surface area contributed by atoms with Crippen molar-refractivity contribution in [2.24, 2.45) is 0 Å². The normalized spacial score (nSPS) is 17.4. The predicted molar refractivity (Wildman–Crippen MR) is 75.7 cm³/mol. The Morgan fingerprint density at radius 2 is 2.00 bits per heavy atom. The molecule has 0 aromatic heterocycles. The first-order valence-electron chi connectivity index (χ1n) is 7.49. The molecule has 3 N–H and O–H groups in total. The van der Waals surface area contributed by atoms with Crippen molar-refractivity contribution in [3.05, 3.63) is 0 Å². The van der Waals surface area contributed by atoms with Gasteiger partial charge in [-0.3, -0.25) is 4.79 Å². The molecule has 0 aromatic carbocycles. The number of urea groups is 1. The summed E-state index contributed by atoms with van der Waals surface area (Å²) in [7, 11) is 0. The Hall–Kier alpha value is -1.30. The molecule has 0 aliphatic heterocycles. The van der Waals surface area contributed by atoms with E-state index < -0.39 is 5.97 Å². The lowest BCUT2D eigenvalue weighted by Gasteiger charge is -2.22. The van der Waals surface area contributed by atoms with Gasteiger partial charge in [-0.25, -0.2) is 4.79 Å². The van der Waals surface area contributed by atoms with E-state index in [-0.39, 0.29) is 18.5 Å². The maximum absolute atomic E-state index is 11.6. The van der Waals surface area contributed by atoms with Gasteiger partial charge >= 0.3 is 12.0 Å². The number of nitrogens with one attached hydrogen (secondary N) is 2. The first-order chi connectivity index (χ1) is 9.61. The molecule has 0 heterocycles. The number of aliphatic carboxylic acids is 1. The summed E-state index contributed by atoms with van der Waals surface area (Å²) in [4.78, 5) is 22.2. The number of carbonyl (C=O) groups is 2. The first kappa shape index (κ1) is 16.8. The van der Waals surface area contributed by atoms with Crippen molar-refractivity contribution < 1.29 is 19.4 Å². The van der Waals surface area contributed by atoms with Crippen molar-refractivity contribution in [1.82, 2.24) is 10.6 Å². The van der Waals surface area contributed by atoms with Gasteiger partial charge in [0.05, 0.1) is 19.1 Å². The summed E-state index contributed by atoms with van der Waals surface area (Å²) >= 11 is 0. The molecule has 0 spiro atoms. The summed E-state index contributed by atoms with van der Waals surface area (Å²) in [6.07, 6.45) is 6.86. The van der Waals surface area contributed by atoms with E-state index in [4.69, 9.17) is 9.84 Å². The monoisotopic (exact) mass is 286 g/mol. The molecule has 20 heavy (non-hydrogen) atoms. The Balaban J connectivity index is 2.08. The quantitative estimate of drug-likeness (QED) is 0.595. The number of carbonyl (C=O) groups excluding carboxylic acids is 1. The Kier molecular flexibility index (Phi) is 8.02. The topological polar surface area (TPSA) is 87.7 Å². The van der Waals surface area contributed by atoms with Gasteiger partial charge in [0.2, 0.25) is 0 Å². The highest BCUT2D eigenvalue weighted by molar-refractivity contribution is 5.75. The summed E-state index contributed by atoms with van der Waals surface area (Å²) in [5.74, 6) is -0.905. The summed E-state index contributed by atoms with van der Waals surface area (Å²) in [5, 5.41) is 14.0. The molecule has 1 fully saturated rings. The Morgan fingerprint density at radius 3 is 2.60 bits per heavy atom. The van der Waals surface area contributed by atoms with Crippen molar-refractivity contribution in [1.29, 1.82) is 0 Å². The largest absolute Gasteiger partial charge is 0.481 e. The summed E-state index contributed by atoms with van der Waals surface area (Å²) in [5.41, 5.74) is 0. The molecule has 0 aromatic rings. The zero-order valence-corrected chi connectivity index (χ0v) is 12.2. The van der Waals surface area contributed by atoms with Crippen LogP contribution in [0.5, 0.6) is 0 Å². The van der Waals surface area contributed by atoms with Crippen LogP contribution < -0.4 is 10.6 Å². The minimum Gasteiger partial charge on any atom is -0.481 e.